The number of aromatic nitrogens is 2. The first-order valence-electron chi connectivity index (χ1n) is 7.81. The summed E-state index contributed by atoms with van der Waals surface area (Å²) in [4.78, 5) is 8.15. The third kappa shape index (κ3) is 4.07. The summed E-state index contributed by atoms with van der Waals surface area (Å²) in [7, 11) is 2.02. The van der Waals surface area contributed by atoms with E-state index in [0.717, 1.165) is 24.3 Å². The fourth-order valence-electron chi connectivity index (χ4n) is 2.57. The summed E-state index contributed by atoms with van der Waals surface area (Å²) in [6, 6.07) is 4.39. The Morgan fingerprint density at radius 3 is 2.50 bits per heavy atom. The van der Waals surface area contributed by atoms with Gasteiger partial charge in [-0.3, -0.25) is 0 Å². The largest absolute Gasteiger partial charge is 0.342 e. The van der Waals surface area contributed by atoms with Crippen molar-refractivity contribution in [3.05, 3.63) is 29.1 Å². The zero-order valence-corrected chi connectivity index (χ0v) is 13.1. The lowest BCUT2D eigenvalue weighted by molar-refractivity contribution is 0.593. The Balaban J connectivity index is 1.79. The molecule has 0 amide bonds. The van der Waals surface area contributed by atoms with Crippen LogP contribution in [0.2, 0.25) is 0 Å². The summed E-state index contributed by atoms with van der Waals surface area (Å²) in [5.74, 6) is 1.14. The molecule has 0 saturated carbocycles. The minimum atomic E-state index is 1.07. The molecule has 3 heteroatoms. The quantitative estimate of drug-likeness (QED) is 0.716. The number of nitrogens with zero attached hydrogens (tertiary/aromatic N) is 1. The van der Waals surface area contributed by atoms with E-state index in [1.54, 1.807) is 0 Å². The van der Waals surface area contributed by atoms with Gasteiger partial charge in [-0.15, -0.1) is 0 Å². The topological polar surface area (TPSA) is 40.7 Å². The van der Waals surface area contributed by atoms with E-state index in [0.29, 0.717) is 0 Å². The molecule has 1 heterocycles. The number of hydrogen-bond donors (Lipinski definition) is 2. The standard InChI is InChI=1S/C17H27N3/c1-13-11-15-16(12-14(13)2)20-17(19-15)9-7-5-4-6-8-10-18-3/h11-12,18H,4-10H2,1-3H3,(H,19,20). The molecule has 0 saturated heterocycles. The summed E-state index contributed by atoms with van der Waals surface area (Å²) < 4.78 is 0. The molecule has 1 aromatic carbocycles. The van der Waals surface area contributed by atoms with Crippen molar-refractivity contribution in [1.82, 2.24) is 15.3 Å². The van der Waals surface area contributed by atoms with Crippen LogP contribution in [0.5, 0.6) is 0 Å². The third-order valence-corrected chi connectivity index (χ3v) is 3.99. The van der Waals surface area contributed by atoms with Crippen LogP contribution >= 0.6 is 0 Å². The highest BCUT2D eigenvalue weighted by Crippen LogP contribution is 2.18. The molecule has 0 unspecified atom stereocenters. The van der Waals surface area contributed by atoms with Crippen LogP contribution in [0.4, 0.5) is 0 Å². The van der Waals surface area contributed by atoms with Gasteiger partial charge in [0.25, 0.3) is 0 Å². The molecule has 0 aliphatic rings. The molecule has 0 aliphatic carbocycles. The van der Waals surface area contributed by atoms with E-state index in [2.05, 4.69) is 36.3 Å². The Morgan fingerprint density at radius 2 is 1.70 bits per heavy atom. The van der Waals surface area contributed by atoms with E-state index in [-0.39, 0.29) is 0 Å². The molecule has 0 fully saturated rings. The highest BCUT2D eigenvalue weighted by molar-refractivity contribution is 5.77. The molecule has 0 radical (unpaired) electrons. The van der Waals surface area contributed by atoms with Crippen molar-refractivity contribution >= 4 is 11.0 Å². The molecule has 2 N–H and O–H groups in total. The molecule has 0 spiro atoms. The first kappa shape index (κ1) is 15.0. The van der Waals surface area contributed by atoms with Crippen molar-refractivity contribution in [2.24, 2.45) is 0 Å². The lowest BCUT2D eigenvalue weighted by Crippen LogP contribution is -2.06. The monoisotopic (exact) mass is 273 g/mol. The van der Waals surface area contributed by atoms with Crippen molar-refractivity contribution < 1.29 is 0 Å². The Morgan fingerprint density at radius 1 is 1.00 bits per heavy atom. The van der Waals surface area contributed by atoms with E-state index < -0.39 is 0 Å². The lowest BCUT2D eigenvalue weighted by Gasteiger charge is -2.00. The minimum absolute atomic E-state index is 1.07. The average molecular weight is 273 g/mol. The maximum atomic E-state index is 4.70. The molecule has 110 valence electrons. The van der Waals surface area contributed by atoms with Gasteiger partial charge in [-0.25, -0.2) is 4.98 Å². The number of fused-ring (bicyclic) bond motifs is 1. The van der Waals surface area contributed by atoms with E-state index in [1.165, 1.54) is 48.7 Å². The molecular formula is C17H27N3. The first-order chi connectivity index (χ1) is 9.70. The summed E-state index contributed by atoms with van der Waals surface area (Å²) in [6.07, 6.45) is 7.56. The number of rotatable bonds is 8. The van der Waals surface area contributed by atoms with Gasteiger partial charge >= 0.3 is 0 Å². The predicted octanol–water partition coefficient (Wildman–Crippen LogP) is 3.89. The Hall–Kier alpha value is -1.35. The fourth-order valence-corrected chi connectivity index (χ4v) is 2.57. The van der Waals surface area contributed by atoms with Crippen molar-refractivity contribution in [2.45, 2.75) is 52.4 Å². The van der Waals surface area contributed by atoms with Gasteiger partial charge in [-0.1, -0.05) is 19.3 Å². The highest BCUT2D eigenvalue weighted by Gasteiger charge is 2.04. The Bertz CT molecular complexity index is 503. The molecule has 20 heavy (non-hydrogen) atoms. The second-order valence-corrected chi connectivity index (χ2v) is 5.76. The van der Waals surface area contributed by atoms with Gasteiger partial charge in [-0.05, 0) is 63.5 Å². The van der Waals surface area contributed by atoms with Crippen molar-refractivity contribution in [2.75, 3.05) is 13.6 Å². The number of hydrogen-bond acceptors (Lipinski definition) is 2. The van der Waals surface area contributed by atoms with Crippen LogP contribution in [-0.2, 0) is 6.42 Å². The molecule has 1 aromatic heterocycles. The van der Waals surface area contributed by atoms with E-state index >= 15 is 0 Å². The average Bonchev–Trinajstić information content (AvgIpc) is 2.80. The third-order valence-electron chi connectivity index (χ3n) is 3.99. The number of nitrogens with one attached hydrogen (secondary N) is 2. The number of benzene rings is 1. The predicted molar refractivity (Wildman–Crippen MR) is 86.3 cm³/mol. The zero-order chi connectivity index (χ0) is 14.4. The lowest BCUT2D eigenvalue weighted by atomic mass is 10.1. The normalized spacial score (nSPS) is 11.3. The number of imidazole rings is 1. The van der Waals surface area contributed by atoms with Crippen LogP contribution in [0.1, 0.15) is 49.1 Å². The van der Waals surface area contributed by atoms with E-state index in [4.69, 9.17) is 4.98 Å². The first-order valence-corrected chi connectivity index (χ1v) is 7.81. The maximum absolute atomic E-state index is 4.70. The van der Waals surface area contributed by atoms with Crippen LogP contribution < -0.4 is 5.32 Å². The van der Waals surface area contributed by atoms with E-state index in [9.17, 15) is 0 Å². The van der Waals surface area contributed by atoms with Gasteiger partial charge in [-0.2, -0.15) is 0 Å². The molecule has 0 atom stereocenters. The van der Waals surface area contributed by atoms with Crippen LogP contribution in [-0.4, -0.2) is 23.6 Å². The van der Waals surface area contributed by atoms with Gasteiger partial charge in [0.2, 0.25) is 0 Å². The zero-order valence-electron chi connectivity index (χ0n) is 13.1. The van der Waals surface area contributed by atoms with E-state index in [1.807, 2.05) is 7.05 Å². The van der Waals surface area contributed by atoms with Crippen LogP contribution in [0.15, 0.2) is 12.1 Å². The number of aromatic amines is 1. The van der Waals surface area contributed by atoms with Gasteiger partial charge in [0, 0.05) is 6.42 Å². The summed E-state index contributed by atoms with van der Waals surface area (Å²) in [5, 5.41) is 3.19. The fraction of sp³-hybridized carbons (Fsp3) is 0.588. The maximum Gasteiger partial charge on any atom is 0.107 e. The van der Waals surface area contributed by atoms with Crippen LogP contribution in [0, 0.1) is 13.8 Å². The molecule has 0 bridgehead atoms. The molecule has 0 aliphatic heterocycles. The van der Waals surface area contributed by atoms with Crippen molar-refractivity contribution in [3.63, 3.8) is 0 Å². The smallest absolute Gasteiger partial charge is 0.107 e. The van der Waals surface area contributed by atoms with Gasteiger partial charge in [0.15, 0.2) is 0 Å². The SMILES string of the molecule is CNCCCCCCCc1nc2cc(C)c(C)cc2[nH]1. The number of H-pyrrole nitrogens is 1. The molecular weight excluding hydrogens is 246 g/mol. The van der Waals surface area contributed by atoms with Crippen LogP contribution in [0.3, 0.4) is 0 Å². The minimum Gasteiger partial charge on any atom is -0.342 e. The van der Waals surface area contributed by atoms with Gasteiger partial charge < -0.3 is 10.3 Å². The highest BCUT2D eigenvalue weighted by atomic mass is 14.9. The molecule has 2 aromatic rings. The van der Waals surface area contributed by atoms with Crippen molar-refractivity contribution in [3.8, 4) is 0 Å². The molecule has 2 rings (SSSR count). The number of aryl methyl sites for hydroxylation is 3. The molecule has 3 nitrogen and oxygen atoms in total. The summed E-state index contributed by atoms with van der Waals surface area (Å²) in [6.45, 7) is 5.44. The number of unbranched alkanes of at least 4 members (excludes halogenated alkanes) is 4. The Labute approximate surface area is 122 Å². The summed E-state index contributed by atoms with van der Waals surface area (Å²) in [5.41, 5.74) is 4.94. The second kappa shape index (κ2) is 7.44. The van der Waals surface area contributed by atoms with Crippen LogP contribution in [0.25, 0.3) is 11.0 Å². The summed E-state index contributed by atoms with van der Waals surface area (Å²) >= 11 is 0. The van der Waals surface area contributed by atoms with Crippen molar-refractivity contribution in [1.29, 1.82) is 0 Å². The van der Waals surface area contributed by atoms with Gasteiger partial charge in [0.1, 0.15) is 5.82 Å². The van der Waals surface area contributed by atoms with Gasteiger partial charge in [0.05, 0.1) is 11.0 Å². The Kier molecular flexibility index (Phi) is 5.60. The second-order valence-electron chi connectivity index (χ2n) is 5.76.